The maximum atomic E-state index is 11.4. The fourth-order valence-electron chi connectivity index (χ4n) is 3.98. The monoisotopic (exact) mass is 545 g/mol. The van der Waals surface area contributed by atoms with Gasteiger partial charge in [-0.1, -0.05) is 86.6 Å². The van der Waals surface area contributed by atoms with E-state index in [1.165, 1.54) is 0 Å². The van der Waals surface area contributed by atoms with Gasteiger partial charge in [-0.05, 0) is 43.4 Å². The molecule has 3 rings (SSSR count). The molecule has 0 unspecified atom stereocenters. The van der Waals surface area contributed by atoms with Crippen molar-refractivity contribution in [1.82, 2.24) is 0 Å². The van der Waals surface area contributed by atoms with Crippen molar-refractivity contribution in [2.45, 2.75) is 52.0 Å². The topological polar surface area (TPSA) is 32.6 Å². The summed E-state index contributed by atoms with van der Waals surface area (Å²) in [5.41, 5.74) is 4.56. The van der Waals surface area contributed by atoms with Gasteiger partial charge in [-0.2, -0.15) is 0 Å². The van der Waals surface area contributed by atoms with Gasteiger partial charge in [0.1, 0.15) is 5.75 Å². The molecule has 32 heavy (non-hydrogen) atoms. The van der Waals surface area contributed by atoms with E-state index in [9.17, 15) is 5.11 Å². The van der Waals surface area contributed by atoms with Gasteiger partial charge in [-0.3, -0.25) is 4.99 Å². The molecule has 3 aromatic carbocycles. The summed E-state index contributed by atoms with van der Waals surface area (Å²) in [6, 6.07) is 25.2. The molecule has 0 saturated heterocycles. The number of halogens is 2. The Morgan fingerprint density at radius 3 is 1.81 bits per heavy atom. The summed E-state index contributed by atoms with van der Waals surface area (Å²) in [7, 11) is 9.87. The van der Waals surface area contributed by atoms with Gasteiger partial charge in [-0.15, -0.1) is 0 Å². The van der Waals surface area contributed by atoms with E-state index in [1.807, 2.05) is 25.3 Å². The molecule has 0 spiro atoms. The Morgan fingerprint density at radius 1 is 0.906 bits per heavy atom. The molecule has 0 fully saturated rings. The molecular formula is C27H31Cl2NOZr. The van der Waals surface area contributed by atoms with E-state index < -0.39 is 26.3 Å². The number of phenols is 1. The van der Waals surface area contributed by atoms with Crippen molar-refractivity contribution in [1.29, 1.82) is 0 Å². The van der Waals surface area contributed by atoms with Crippen molar-refractivity contribution >= 4 is 23.2 Å². The van der Waals surface area contributed by atoms with Crippen LogP contribution < -0.4 is 0 Å². The van der Waals surface area contributed by atoms with Gasteiger partial charge >= 0.3 is 37.9 Å². The zero-order valence-corrected chi connectivity index (χ0v) is 23.1. The molecule has 2 nitrogen and oxygen atoms in total. The average molecular weight is 548 g/mol. The van der Waals surface area contributed by atoms with Crippen LogP contribution in [-0.2, 0) is 26.3 Å². The molecule has 0 bridgehead atoms. The van der Waals surface area contributed by atoms with E-state index in [-0.39, 0.29) is 6.04 Å². The number of hydrogen-bond donors (Lipinski definition) is 1. The molecule has 0 amide bonds. The Morgan fingerprint density at radius 2 is 1.38 bits per heavy atom. The molecule has 0 heterocycles. The predicted octanol–water partition coefficient (Wildman–Crippen LogP) is 8.04. The van der Waals surface area contributed by atoms with E-state index in [4.69, 9.17) is 22.0 Å². The van der Waals surface area contributed by atoms with Crippen LogP contribution in [0.15, 0.2) is 77.8 Å². The number of aliphatic imine (C=N–C) groups is 1. The summed E-state index contributed by atoms with van der Waals surface area (Å²) in [5.74, 6) is 0.315. The van der Waals surface area contributed by atoms with E-state index in [2.05, 4.69) is 81.4 Å². The maximum absolute atomic E-state index is 11.4. The van der Waals surface area contributed by atoms with E-state index >= 15 is 0 Å². The predicted molar refractivity (Wildman–Crippen MR) is 135 cm³/mol. The third kappa shape index (κ3) is 6.34. The van der Waals surface area contributed by atoms with Crippen molar-refractivity contribution in [2.24, 2.45) is 4.99 Å². The molecular weight excluding hydrogens is 516 g/mol. The Labute approximate surface area is 211 Å². The van der Waals surface area contributed by atoms with Crippen LogP contribution in [0.4, 0.5) is 0 Å². The molecule has 0 atom stereocenters. The second-order valence-corrected chi connectivity index (χ2v) is 11.6. The number of nitrogens with zero attached hydrogens (tertiary/aromatic N) is 1. The van der Waals surface area contributed by atoms with E-state index in [0.717, 1.165) is 40.7 Å². The Bertz CT molecular complexity index is 950. The number of rotatable bonds is 7. The van der Waals surface area contributed by atoms with Gasteiger partial charge in [0.2, 0.25) is 0 Å². The van der Waals surface area contributed by atoms with E-state index in [1.54, 1.807) is 0 Å². The standard InChI is InChI=1S/C27H31NO.2ClH.Zr/c1-5-23(6-2)28-19-24-20(3)17-18-25(26(24)29)27(4,21-13-9-7-10-14-21)22-15-11-8-12-16-22;;;/h7-19,23,29H,5-6H2,1-4H3;2*1H;/q;;;+2/p-2. The Hall–Kier alpha value is -1.41. The van der Waals surface area contributed by atoms with Gasteiger partial charge in [0.05, 0.1) is 0 Å². The van der Waals surface area contributed by atoms with Crippen LogP contribution in [0.2, 0.25) is 0 Å². The number of aromatic hydroxyl groups is 1. The summed E-state index contributed by atoms with van der Waals surface area (Å²) in [6.07, 6.45) is 3.86. The van der Waals surface area contributed by atoms with Crippen LogP contribution in [0.25, 0.3) is 0 Å². The molecule has 0 saturated carbocycles. The van der Waals surface area contributed by atoms with Crippen molar-refractivity contribution in [3.8, 4) is 5.75 Å². The third-order valence-corrected chi connectivity index (χ3v) is 6.03. The van der Waals surface area contributed by atoms with Crippen LogP contribution in [0.5, 0.6) is 5.75 Å². The first-order chi connectivity index (χ1) is 15.4. The SMILES string of the molecule is CCC(CC)N=Cc1c(C)ccc(C(C)(c2ccccc2)c2ccccc2)c1O.[Cl][Zr][Cl]. The molecule has 3 aromatic rings. The average Bonchev–Trinajstić information content (AvgIpc) is 2.82. The van der Waals surface area contributed by atoms with Gasteiger partial charge < -0.3 is 5.11 Å². The van der Waals surface area contributed by atoms with Crippen molar-refractivity contribution in [2.75, 3.05) is 0 Å². The van der Waals surface area contributed by atoms with Gasteiger partial charge in [-0.25, -0.2) is 0 Å². The van der Waals surface area contributed by atoms with Crippen LogP contribution in [0.3, 0.4) is 0 Å². The Kier molecular flexibility index (Phi) is 11.2. The first-order valence-corrected chi connectivity index (χ1v) is 17.2. The number of benzene rings is 3. The summed E-state index contributed by atoms with van der Waals surface area (Å²) in [4.78, 5) is 4.74. The summed E-state index contributed by atoms with van der Waals surface area (Å²) >= 11 is -0.826. The number of hydrogen-bond acceptors (Lipinski definition) is 2. The summed E-state index contributed by atoms with van der Waals surface area (Å²) in [6.45, 7) is 8.51. The van der Waals surface area contributed by atoms with Crippen molar-refractivity contribution in [3.05, 3.63) is 101 Å². The minimum atomic E-state index is -0.826. The van der Waals surface area contributed by atoms with Crippen LogP contribution in [0, 0.1) is 6.92 Å². The first kappa shape index (κ1) is 26.8. The van der Waals surface area contributed by atoms with Crippen molar-refractivity contribution < 1.29 is 26.0 Å². The zero-order chi connectivity index (χ0) is 23.6. The minimum absolute atomic E-state index is 0.284. The fourth-order valence-corrected chi connectivity index (χ4v) is 3.98. The second kappa shape index (κ2) is 13.3. The fraction of sp³-hybridized carbons (Fsp3) is 0.296. The zero-order valence-electron chi connectivity index (χ0n) is 19.1. The van der Waals surface area contributed by atoms with Crippen LogP contribution in [-0.4, -0.2) is 17.4 Å². The quantitative estimate of drug-likeness (QED) is 0.236. The van der Waals surface area contributed by atoms with Crippen molar-refractivity contribution in [3.63, 3.8) is 0 Å². The number of aryl methyl sites for hydroxylation is 1. The second-order valence-electron chi connectivity index (χ2n) is 7.87. The summed E-state index contributed by atoms with van der Waals surface area (Å²) < 4.78 is 0. The molecule has 0 aliphatic rings. The van der Waals surface area contributed by atoms with E-state index in [0.29, 0.717) is 5.75 Å². The summed E-state index contributed by atoms with van der Waals surface area (Å²) in [5, 5.41) is 11.4. The first-order valence-electron chi connectivity index (χ1n) is 10.9. The van der Waals surface area contributed by atoms with Crippen LogP contribution in [0.1, 0.15) is 61.4 Å². The molecule has 5 heteroatoms. The molecule has 168 valence electrons. The molecule has 1 N–H and O–H groups in total. The van der Waals surface area contributed by atoms with Gasteiger partial charge in [0, 0.05) is 28.8 Å². The number of phenolic OH excluding ortho intramolecular Hbond substituents is 1. The third-order valence-electron chi connectivity index (χ3n) is 6.03. The molecule has 0 aliphatic carbocycles. The molecule has 0 aromatic heterocycles. The van der Waals surface area contributed by atoms with Gasteiger partial charge in [0.25, 0.3) is 0 Å². The molecule has 0 aliphatic heterocycles. The molecule has 0 radical (unpaired) electrons. The Balaban J connectivity index is 0.00000114. The van der Waals surface area contributed by atoms with Crippen LogP contribution >= 0.6 is 17.0 Å². The normalized spacial score (nSPS) is 11.3. The van der Waals surface area contributed by atoms with Gasteiger partial charge in [0.15, 0.2) is 0 Å².